The van der Waals surface area contributed by atoms with E-state index >= 15 is 0 Å². The van der Waals surface area contributed by atoms with E-state index in [9.17, 15) is 4.79 Å². The number of hydrogen-bond donors (Lipinski definition) is 1. The molecule has 0 aromatic carbocycles. The summed E-state index contributed by atoms with van der Waals surface area (Å²) in [6.07, 6.45) is 1.41. The van der Waals surface area contributed by atoms with E-state index in [0.717, 1.165) is 17.9 Å². The van der Waals surface area contributed by atoms with E-state index in [2.05, 4.69) is 9.88 Å². The number of hydrogen-bond acceptors (Lipinski definition) is 4. The number of aryl methyl sites for hydroxylation is 1. The zero-order valence-corrected chi connectivity index (χ0v) is 11.7. The van der Waals surface area contributed by atoms with Crippen LogP contribution in [0.2, 0.25) is 0 Å². The minimum Gasteiger partial charge on any atom is -0.475 e. The van der Waals surface area contributed by atoms with Crippen molar-refractivity contribution in [2.75, 3.05) is 6.54 Å². The molecule has 0 saturated carbocycles. The Labute approximate surface area is 117 Å². The summed E-state index contributed by atoms with van der Waals surface area (Å²) in [7, 11) is 0. The van der Waals surface area contributed by atoms with Gasteiger partial charge in [-0.1, -0.05) is 13.0 Å². The SMILES string of the molecule is CCN(Cc1cccc(C)n1)Cc1ccoc1C(=O)O. The summed E-state index contributed by atoms with van der Waals surface area (Å²) in [5.41, 5.74) is 2.65. The smallest absolute Gasteiger partial charge is 0.372 e. The molecule has 0 aliphatic carbocycles. The van der Waals surface area contributed by atoms with Crippen molar-refractivity contribution in [3.05, 3.63) is 53.2 Å². The predicted molar refractivity (Wildman–Crippen MR) is 74.4 cm³/mol. The first kappa shape index (κ1) is 14.3. The van der Waals surface area contributed by atoms with Crippen LogP contribution in [0.25, 0.3) is 0 Å². The summed E-state index contributed by atoms with van der Waals surface area (Å²) in [4.78, 5) is 17.6. The first-order valence-corrected chi connectivity index (χ1v) is 6.54. The second-order valence-corrected chi connectivity index (χ2v) is 4.65. The van der Waals surface area contributed by atoms with E-state index in [1.165, 1.54) is 6.26 Å². The van der Waals surface area contributed by atoms with Crippen molar-refractivity contribution < 1.29 is 14.3 Å². The normalized spacial score (nSPS) is 10.9. The molecule has 0 fully saturated rings. The average molecular weight is 274 g/mol. The molecule has 0 atom stereocenters. The van der Waals surface area contributed by atoms with Gasteiger partial charge in [-0.25, -0.2) is 4.79 Å². The molecule has 0 amide bonds. The van der Waals surface area contributed by atoms with Gasteiger partial charge in [0.05, 0.1) is 12.0 Å². The van der Waals surface area contributed by atoms with Gasteiger partial charge in [0.2, 0.25) is 5.76 Å². The lowest BCUT2D eigenvalue weighted by molar-refractivity contribution is 0.0659. The number of pyridine rings is 1. The van der Waals surface area contributed by atoms with E-state index in [1.807, 2.05) is 32.0 Å². The number of carboxylic acids is 1. The largest absolute Gasteiger partial charge is 0.475 e. The van der Waals surface area contributed by atoms with Crippen molar-refractivity contribution >= 4 is 5.97 Å². The lowest BCUT2D eigenvalue weighted by Crippen LogP contribution is -2.23. The highest BCUT2D eigenvalue weighted by Gasteiger charge is 2.16. The molecule has 5 nitrogen and oxygen atoms in total. The van der Waals surface area contributed by atoms with Gasteiger partial charge in [0.1, 0.15) is 0 Å². The van der Waals surface area contributed by atoms with Gasteiger partial charge >= 0.3 is 5.97 Å². The molecule has 2 aromatic rings. The molecular weight excluding hydrogens is 256 g/mol. The van der Waals surface area contributed by atoms with Gasteiger partial charge in [-0.15, -0.1) is 0 Å². The van der Waals surface area contributed by atoms with Crippen molar-refractivity contribution in [2.24, 2.45) is 0 Å². The zero-order valence-electron chi connectivity index (χ0n) is 11.7. The third-order valence-corrected chi connectivity index (χ3v) is 3.11. The van der Waals surface area contributed by atoms with Gasteiger partial charge < -0.3 is 9.52 Å². The summed E-state index contributed by atoms with van der Waals surface area (Å²) in [6, 6.07) is 7.61. The van der Waals surface area contributed by atoms with Gasteiger partial charge in [-0.3, -0.25) is 9.88 Å². The summed E-state index contributed by atoms with van der Waals surface area (Å²) in [6.45, 7) is 6.02. The fourth-order valence-corrected chi connectivity index (χ4v) is 2.08. The molecule has 2 aromatic heterocycles. The minimum atomic E-state index is -1.03. The third-order valence-electron chi connectivity index (χ3n) is 3.11. The van der Waals surface area contributed by atoms with E-state index in [4.69, 9.17) is 9.52 Å². The van der Waals surface area contributed by atoms with Crippen molar-refractivity contribution in [1.29, 1.82) is 0 Å². The van der Waals surface area contributed by atoms with Gasteiger partial charge in [-0.2, -0.15) is 0 Å². The fourth-order valence-electron chi connectivity index (χ4n) is 2.08. The number of carbonyl (C=O) groups is 1. The van der Waals surface area contributed by atoms with Crippen molar-refractivity contribution in [3.8, 4) is 0 Å². The van der Waals surface area contributed by atoms with Crippen LogP contribution >= 0.6 is 0 Å². The van der Waals surface area contributed by atoms with Crippen LogP contribution in [-0.4, -0.2) is 27.5 Å². The van der Waals surface area contributed by atoms with Gasteiger partial charge in [0, 0.05) is 24.3 Å². The number of nitrogens with zero attached hydrogens (tertiary/aromatic N) is 2. The lowest BCUT2D eigenvalue weighted by atomic mass is 10.2. The van der Waals surface area contributed by atoms with Crippen LogP contribution in [0.4, 0.5) is 0 Å². The van der Waals surface area contributed by atoms with Crippen molar-refractivity contribution in [2.45, 2.75) is 26.9 Å². The minimum absolute atomic E-state index is 0.0145. The number of rotatable bonds is 6. The van der Waals surface area contributed by atoms with Crippen LogP contribution in [0, 0.1) is 6.92 Å². The number of aromatic nitrogens is 1. The van der Waals surface area contributed by atoms with E-state index < -0.39 is 5.97 Å². The van der Waals surface area contributed by atoms with Crippen LogP contribution in [0.3, 0.4) is 0 Å². The van der Waals surface area contributed by atoms with Crippen molar-refractivity contribution in [1.82, 2.24) is 9.88 Å². The molecule has 0 saturated heterocycles. The highest BCUT2D eigenvalue weighted by Crippen LogP contribution is 2.15. The number of furan rings is 1. The van der Waals surface area contributed by atoms with E-state index in [-0.39, 0.29) is 5.76 Å². The Bertz CT molecular complexity index is 592. The van der Waals surface area contributed by atoms with E-state index in [1.54, 1.807) is 6.07 Å². The second kappa shape index (κ2) is 6.34. The Hall–Kier alpha value is -2.14. The predicted octanol–water partition coefficient (Wildman–Crippen LogP) is 2.70. The van der Waals surface area contributed by atoms with Crippen LogP contribution in [0.1, 0.15) is 34.4 Å². The monoisotopic (exact) mass is 274 g/mol. The van der Waals surface area contributed by atoms with Gasteiger partial charge in [0.25, 0.3) is 0 Å². The molecule has 0 radical (unpaired) electrons. The van der Waals surface area contributed by atoms with Crippen LogP contribution in [0.5, 0.6) is 0 Å². The Morgan fingerprint density at radius 3 is 2.80 bits per heavy atom. The van der Waals surface area contributed by atoms with Crippen LogP contribution in [0.15, 0.2) is 34.9 Å². The summed E-state index contributed by atoms with van der Waals surface area (Å²) >= 11 is 0. The second-order valence-electron chi connectivity index (χ2n) is 4.65. The van der Waals surface area contributed by atoms with Gasteiger partial charge in [-0.05, 0) is 31.7 Å². The third kappa shape index (κ3) is 3.45. The first-order chi connectivity index (χ1) is 9.60. The highest BCUT2D eigenvalue weighted by atomic mass is 16.4. The fraction of sp³-hybridized carbons (Fsp3) is 0.333. The van der Waals surface area contributed by atoms with Crippen molar-refractivity contribution in [3.63, 3.8) is 0 Å². The molecule has 0 bridgehead atoms. The number of aromatic carboxylic acids is 1. The molecule has 0 unspecified atom stereocenters. The maximum atomic E-state index is 11.0. The molecule has 106 valence electrons. The molecular formula is C15H18N2O3. The molecule has 20 heavy (non-hydrogen) atoms. The quantitative estimate of drug-likeness (QED) is 0.877. The van der Waals surface area contributed by atoms with Crippen LogP contribution in [-0.2, 0) is 13.1 Å². The Balaban J connectivity index is 2.09. The van der Waals surface area contributed by atoms with Gasteiger partial charge in [0.15, 0.2) is 0 Å². The lowest BCUT2D eigenvalue weighted by Gasteiger charge is -2.19. The Morgan fingerprint density at radius 2 is 2.15 bits per heavy atom. The highest BCUT2D eigenvalue weighted by molar-refractivity contribution is 5.86. The number of carboxylic acid groups (broad SMARTS) is 1. The zero-order chi connectivity index (χ0) is 14.5. The topological polar surface area (TPSA) is 66.6 Å². The maximum absolute atomic E-state index is 11.0. The summed E-state index contributed by atoms with van der Waals surface area (Å²) in [5, 5.41) is 9.04. The average Bonchev–Trinajstić information content (AvgIpc) is 2.86. The summed E-state index contributed by atoms with van der Waals surface area (Å²) < 4.78 is 5.00. The van der Waals surface area contributed by atoms with Crippen LogP contribution < -0.4 is 0 Å². The Morgan fingerprint density at radius 1 is 1.35 bits per heavy atom. The molecule has 1 N–H and O–H groups in total. The Kier molecular flexibility index (Phi) is 4.53. The molecule has 0 aliphatic rings. The maximum Gasteiger partial charge on any atom is 0.372 e. The first-order valence-electron chi connectivity index (χ1n) is 6.54. The molecule has 5 heteroatoms. The summed E-state index contributed by atoms with van der Waals surface area (Å²) in [5.74, 6) is -1.02. The molecule has 2 rings (SSSR count). The molecule has 0 spiro atoms. The molecule has 0 aliphatic heterocycles. The van der Waals surface area contributed by atoms with E-state index in [0.29, 0.717) is 18.7 Å². The standard InChI is InChI=1S/C15H18N2O3/c1-3-17(10-13-6-4-5-11(2)16-13)9-12-7-8-20-14(12)15(18)19/h4-8H,3,9-10H2,1-2H3,(H,18,19). The molecule has 2 heterocycles.